The van der Waals surface area contributed by atoms with E-state index < -0.39 is 10.0 Å². The first-order chi connectivity index (χ1) is 10.0. The van der Waals surface area contributed by atoms with Gasteiger partial charge in [-0.3, -0.25) is 0 Å². The van der Waals surface area contributed by atoms with Gasteiger partial charge in [-0.15, -0.1) is 0 Å². The molecule has 0 unspecified atom stereocenters. The molecule has 0 radical (unpaired) electrons. The van der Waals surface area contributed by atoms with E-state index in [0.717, 1.165) is 31.2 Å². The van der Waals surface area contributed by atoms with Gasteiger partial charge in [-0.05, 0) is 37.0 Å². The predicted molar refractivity (Wildman–Crippen MR) is 84.0 cm³/mol. The number of unbranched alkanes of at least 4 members (excludes halogenated alkanes) is 1. The van der Waals surface area contributed by atoms with Crippen molar-refractivity contribution in [3.05, 3.63) is 17.7 Å². The van der Waals surface area contributed by atoms with Crippen LogP contribution in [0, 0.1) is 0 Å². The molecule has 1 aliphatic rings. The number of anilines is 1. The molecule has 0 amide bonds. The molecule has 0 saturated carbocycles. The molecule has 0 atom stereocenters. The standard InChI is InChI=1S/C15H24N2O3S/c1-3-5-8-17(4-2)21(18,19)14-11-13(16)10-12-7-6-9-20-15(12)14/h10-11H,3-9,16H2,1-2H3. The van der Waals surface area contributed by atoms with Crippen LogP contribution < -0.4 is 10.5 Å². The number of nitrogens with two attached hydrogens (primary N) is 1. The third kappa shape index (κ3) is 3.32. The van der Waals surface area contributed by atoms with E-state index in [1.54, 1.807) is 0 Å². The van der Waals surface area contributed by atoms with Crippen LogP contribution in [0.5, 0.6) is 5.75 Å². The Morgan fingerprint density at radius 2 is 2.10 bits per heavy atom. The number of nitrogens with zero attached hydrogens (tertiary/aromatic N) is 1. The van der Waals surface area contributed by atoms with E-state index in [9.17, 15) is 8.42 Å². The molecule has 5 nitrogen and oxygen atoms in total. The van der Waals surface area contributed by atoms with Crippen molar-refractivity contribution in [2.75, 3.05) is 25.4 Å². The van der Waals surface area contributed by atoms with Crippen molar-refractivity contribution >= 4 is 15.7 Å². The second kappa shape index (κ2) is 6.66. The van der Waals surface area contributed by atoms with Crippen molar-refractivity contribution < 1.29 is 13.2 Å². The summed E-state index contributed by atoms with van der Waals surface area (Å²) in [5, 5.41) is 0. The molecule has 21 heavy (non-hydrogen) atoms. The Bertz CT molecular complexity index is 599. The summed E-state index contributed by atoms with van der Waals surface area (Å²) >= 11 is 0. The molecule has 2 rings (SSSR count). The van der Waals surface area contributed by atoms with E-state index in [4.69, 9.17) is 10.5 Å². The lowest BCUT2D eigenvalue weighted by Crippen LogP contribution is -2.32. The number of nitrogen functional groups attached to an aromatic ring is 1. The summed E-state index contributed by atoms with van der Waals surface area (Å²) in [6, 6.07) is 3.34. The summed E-state index contributed by atoms with van der Waals surface area (Å²) in [6.45, 7) is 5.43. The van der Waals surface area contributed by atoms with Gasteiger partial charge in [-0.2, -0.15) is 4.31 Å². The largest absolute Gasteiger partial charge is 0.492 e. The molecular weight excluding hydrogens is 288 g/mol. The average molecular weight is 312 g/mol. The molecule has 0 bridgehead atoms. The second-order valence-corrected chi connectivity index (χ2v) is 7.22. The predicted octanol–water partition coefficient (Wildman–Crippen LogP) is 2.40. The van der Waals surface area contributed by atoms with Crippen molar-refractivity contribution in [2.45, 2.75) is 44.4 Å². The van der Waals surface area contributed by atoms with Gasteiger partial charge in [0.1, 0.15) is 10.6 Å². The van der Waals surface area contributed by atoms with E-state index in [-0.39, 0.29) is 4.90 Å². The average Bonchev–Trinajstić information content (AvgIpc) is 2.46. The molecule has 2 N–H and O–H groups in total. The Hall–Kier alpha value is -1.27. The van der Waals surface area contributed by atoms with E-state index in [1.165, 1.54) is 10.4 Å². The minimum Gasteiger partial charge on any atom is -0.492 e. The lowest BCUT2D eigenvalue weighted by molar-refractivity contribution is 0.279. The van der Waals surface area contributed by atoms with Gasteiger partial charge in [0, 0.05) is 18.8 Å². The Morgan fingerprint density at radius 3 is 2.76 bits per heavy atom. The third-order valence-electron chi connectivity index (χ3n) is 3.72. The zero-order valence-electron chi connectivity index (χ0n) is 12.8. The summed E-state index contributed by atoms with van der Waals surface area (Å²) in [4.78, 5) is 0.218. The van der Waals surface area contributed by atoms with Crippen LogP contribution in [0.25, 0.3) is 0 Å². The second-order valence-electron chi connectivity index (χ2n) is 5.31. The number of ether oxygens (including phenoxy) is 1. The Morgan fingerprint density at radius 1 is 1.33 bits per heavy atom. The van der Waals surface area contributed by atoms with Gasteiger partial charge in [-0.25, -0.2) is 8.42 Å². The zero-order chi connectivity index (χ0) is 15.5. The van der Waals surface area contributed by atoms with E-state index in [0.29, 0.717) is 31.1 Å². The SMILES string of the molecule is CCCCN(CC)S(=O)(=O)c1cc(N)cc2c1OCCC2. The highest BCUT2D eigenvalue weighted by Gasteiger charge is 2.29. The molecule has 1 aromatic carbocycles. The summed E-state index contributed by atoms with van der Waals surface area (Å²) in [6.07, 6.45) is 3.50. The van der Waals surface area contributed by atoms with Gasteiger partial charge in [-0.1, -0.05) is 20.3 Å². The van der Waals surface area contributed by atoms with Gasteiger partial charge < -0.3 is 10.5 Å². The molecular formula is C15H24N2O3S. The molecule has 118 valence electrons. The van der Waals surface area contributed by atoms with Crippen molar-refractivity contribution in [1.29, 1.82) is 0 Å². The van der Waals surface area contributed by atoms with Crippen molar-refractivity contribution in [2.24, 2.45) is 0 Å². The van der Waals surface area contributed by atoms with Crippen LogP contribution in [0.1, 0.15) is 38.7 Å². The summed E-state index contributed by atoms with van der Waals surface area (Å²) in [5.74, 6) is 0.491. The maximum Gasteiger partial charge on any atom is 0.246 e. The van der Waals surface area contributed by atoms with Crippen molar-refractivity contribution in [3.63, 3.8) is 0 Å². The van der Waals surface area contributed by atoms with Crippen molar-refractivity contribution in [3.8, 4) is 5.75 Å². The summed E-state index contributed by atoms with van der Waals surface area (Å²) in [5.41, 5.74) is 7.25. The molecule has 0 aromatic heterocycles. The lowest BCUT2D eigenvalue weighted by atomic mass is 10.1. The normalized spacial score (nSPS) is 14.8. The molecule has 1 aromatic rings. The van der Waals surface area contributed by atoms with Crippen LogP contribution in [-0.2, 0) is 16.4 Å². The van der Waals surface area contributed by atoms with Crippen LogP contribution in [0.2, 0.25) is 0 Å². The van der Waals surface area contributed by atoms with E-state index in [1.807, 2.05) is 19.9 Å². The third-order valence-corrected chi connectivity index (χ3v) is 5.70. The number of hydrogen-bond acceptors (Lipinski definition) is 4. The Balaban J connectivity index is 2.46. The van der Waals surface area contributed by atoms with Crippen LogP contribution in [-0.4, -0.2) is 32.4 Å². The number of rotatable bonds is 6. The minimum atomic E-state index is -3.56. The van der Waals surface area contributed by atoms with Gasteiger partial charge in [0.2, 0.25) is 10.0 Å². The highest BCUT2D eigenvalue weighted by Crippen LogP contribution is 2.36. The molecule has 0 spiro atoms. The van der Waals surface area contributed by atoms with E-state index in [2.05, 4.69) is 0 Å². The van der Waals surface area contributed by atoms with Gasteiger partial charge >= 0.3 is 0 Å². The highest BCUT2D eigenvalue weighted by molar-refractivity contribution is 7.89. The van der Waals surface area contributed by atoms with Gasteiger partial charge in [0.15, 0.2) is 0 Å². The molecule has 0 fully saturated rings. The monoisotopic (exact) mass is 312 g/mol. The first-order valence-electron chi connectivity index (χ1n) is 7.56. The Kier molecular flexibility index (Phi) is 5.11. The first kappa shape index (κ1) is 16.1. The van der Waals surface area contributed by atoms with Gasteiger partial charge in [0.25, 0.3) is 0 Å². The van der Waals surface area contributed by atoms with Gasteiger partial charge in [0.05, 0.1) is 6.61 Å². The molecule has 0 aliphatic carbocycles. The summed E-state index contributed by atoms with van der Waals surface area (Å²) < 4.78 is 32.9. The molecule has 0 saturated heterocycles. The summed E-state index contributed by atoms with van der Waals surface area (Å²) in [7, 11) is -3.56. The highest BCUT2D eigenvalue weighted by atomic mass is 32.2. The lowest BCUT2D eigenvalue weighted by Gasteiger charge is -2.25. The number of benzene rings is 1. The number of hydrogen-bond donors (Lipinski definition) is 1. The molecule has 6 heteroatoms. The quantitative estimate of drug-likeness (QED) is 0.819. The maximum absolute atomic E-state index is 12.9. The van der Waals surface area contributed by atoms with Crippen LogP contribution >= 0.6 is 0 Å². The van der Waals surface area contributed by atoms with Crippen LogP contribution in [0.3, 0.4) is 0 Å². The fourth-order valence-corrected chi connectivity index (χ4v) is 4.28. The smallest absolute Gasteiger partial charge is 0.246 e. The molecule has 1 heterocycles. The fourth-order valence-electron chi connectivity index (χ4n) is 2.58. The maximum atomic E-state index is 12.9. The number of fused-ring (bicyclic) bond motifs is 1. The van der Waals surface area contributed by atoms with E-state index >= 15 is 0 Å². The topological polar surface area (TPSA) is 72.6 Å². The van der Waals surface area contributed by atoms with Crippen LogP contribution in [0.4, 0.5) is 5.69 Å². The Labute approximate surface area is 127 Å². The van der Waals surface area contributed by atoms with Crippen molar-refractivity contribution in [1.82, 2.24) is 4.31 Å². The number of aryl methyl sites for hydroxylation is 1. The van der Waals surface area contributed by atoms with Crippen LogP contribution in [0.15, 0.2) is 17.0 Å². The number of sulfonamides is 1. The fraction of sp³-hybridized carbons (Fsp3) is 0.600. The minimum absolute atomic E-state index is 0.218. The zero-order valence-corrected chi connectivity index (χ0v) is 13.6. The molecule has 1 aliphatic heterocycles. The first-order valence-corrected chi connectivity index (χ1v) is 9.00.